The van der Waals surface area contributed by atoms with Crippen molar-refractivity contribution in [1.29, 1.82) is 0 Å². The number of thiazole rings is 1. The Hall–Kier alpha value is -3.26. The first-order chi connectivity index (χ1) is 17.9. The normalized spacial score (nSPS) is 15.7. The molecule has 1 atom stereocenters. The van der Waals surface area contributed by atoms with Gasteiger partial charge in [0.05, 0.1) is 16.3 Å². The van der Waals surface area contributed by atoms with Gasteiger partial charge in [-0.05, 0) is 49.8 Å². The van der Waals surface area contributed by atoms with E-state index >= 15 is 0 Å². The van der Waals surface area contributed by atoms with E-state index in [4.69, 9.17) is 0 Å². The Morgan fingerprint density at radius 2 is 1.73 bits per heavy atom. The molecule has 0 radical (unpaired) electrons. The van der Waals surface area contributed by atoms with Crippen molar-refractivity contribution in [2.45, 2.75) is 70.9 Å². The van der Waals surface area contributed by atoms with Gasteiger partial charge in [0.1, 0.15) is 0 Å². The number of amides is 2. The van der Waals surface area contributed by atoms with Crippen molar-refractivity contribution in [2.24, 2.45) is 5.41 Å². The van der Waals surface area contributed by atoms with Gasteiger partial charge < -0.3 is 15.3 Å². The Kier molecular flexibility index (Phi) is 8.92. The molecule has 0 bridgehead atoms. The van der Waals surface area contributed by atoms with Gasteiger partial charge in [-0.15, -0.1) is 11.3 Å². The van der Waals surface area contributed by atoms with Crippen LogP contribution >= 0.6 is 11.3 Å². The molecule has 1 aliphatic carbocycles. The summed E-state index contributed by atoms with van der Waals surface area (Å²) in [5.41, 5.74) is 1.25. The molecule has 1 saturated carbocycles. The molecule has 1 fully saturated rings. The van der Waals surface area contributed by atoms with E-state index in [9.17, 15) is 19.5 Å². The number of carbonyl (C=O) groups excluding carboxylic acids is 2. The van der Waals surface area contributed by atoms with E-state index in [1.807, 2.05) is 61.5 Å². The van der Waals surface area contributed by atoms with E-state index in [-0.39, 0.29) is 11.7 Å². The second-order valence-corrected chi connectivity index (χ2v) is 11.2. The molecule has 0 unspecified atom stereocenters. The third-order valence-corrected chi connectivity index (χ3v) is 8.34. The van der Waals surface area contributed by atoms with E-state index in [0.29, 0.717) is 37.4 Å². The van der Waals surface area contributed by atoms with Crippen molar-refractivity contribution in [3.05, 3.63) is 65.2 Å². The van der Waals surface area contributed by atoms with Gasteiger partial charge in [0, 0.05) is 18.5 Å². The quantitative estimate of drug-likeness (QED) is 0.228. The molecular weight excluding hydrogens is 486 g/mol. The zero-order valence-corrected chi connectivity index (χ0v) is 22.1. The predicted octanol–water partition coefficient (Wildman–Crippen LogP) is 6.28. The minimum absolute atomic E-state index is 0.0668. The summed E-state index contributed by atoms with van der Waals surface area (Å²) in [7, 11) is 0. The number of unbranched alkanes of at least 4 members (excludes halogenated alkanes) is 1. The van der Waals surface area contributed by atoms with E-state index in [1.165, 1.54) is 16.2 Å². The van der Waals surface area contributed by atoms with Crippen LogP contribution in [0.5, 0.6) is 0 Å². The second-order valence-electron chi connectivity index (χ2n) is 10.2. The standard InChI is InChI=1S/C29H35N3O4S/c1-29(17-9-3-10-18-29)27(34)31-23(25(33)26-30-22-14-6-7-16-24(22)37-26)15-8-11-19-32(28(35)36)20-21-12-4-2-5-13-21/h2,4-7,12-14,16,23H,3,8-11,15,17-20H2,1H3,(H,31,34)(H,35,36)/t23-/m0/s1. The molecule has 37 heavy (non-hydrogen) atoms. The van der Waals surface area contributed by atoms with Crippen LogP contribution in [-0.4, -0.2) is 45.4 Å². The van der Waals surface area contributed by atoms with Crippen molar-refractivity contribution < 1.29 is 19.5 Å². The Bertz CT molecular complexity index is 1190. The smallest absolute Gasteiger partial charge is 0.407 e. The van der Waals surface area contributed by atoms with Crippen LogP contribution in [-0.2, 0) is 11.3 Å². The molecule has 0 saturated heterocycles. The van der Waals surface area contributed by atoms with E-state index < -0.39 is 17.6 Å². The molecule has 8 heteroatoms. The topological polar surface area (TPSA) is 99.6 Å². The van der Waals surface area contributed by atoms with E-state index in [1.54, 1.807) is 0 Å². The predicted molar refractivity (Wildman–Crippen MR) is 146 cm³/mol. The number of para-hydroxylation sites is 1. The molecule has 3 aromatic rings. The van der Waals surface area contributed by atoms with Crippen molar-refractivity contribution in [1.82, 2.24) is 15.2 Å². The molecule has 1 aliphatic rings. The molecule has 196 valence electrons. The molecular formula is C29H35N3O4S. The average molecular weight is 522 g/mol. The first kappa shape index (κ1) is 26.8. The molecule has 1 aromatic heterocycles. The summed E-state index contributed by atoms with van der Waals surface area (Å²) in [6, 6.07) is 16.4. The Morgan fingerprint density at radius 3 is 2.43 bits per heavy atom. The van der Waals surface area contributed by atoms with Crippen LogP contribution in [0.4, 0.5) is 4.79 Å². The van der Waals surface area contributed by atoms with Crippen molar-refractivity contribution in [2.75, 3.05) is 6.54 Å². The minimum Gasteiger partial charge on any atom is -0.465 e. The molecule has 2 N–H and O–H groups in total. The summed E-state index contributed by atoms with van der Waals surface area (Å²) in [6.07, 6.45) is 5.51. The van der Waals surface area contributed by atoms with Crippen molar-refractivity contribution in [3.63, 3.8) is 0 Å². The van der Waals surface area contributed by atoms with Crippen LogP contribution in [0.2, 0.25) is 0 Å². The first-order valence-electron chi connectivity index (χ1n) is 13.1. The average Bonchev–Trinajstić information content (AvgIpc) is 3.34. The van der Waals surface area contributed by atoms with E-state index in [2.05, 4.69) is 10.3 Å². The third-order valence-electron chi connectivity index (χ3n) is 7.29. The third kappa shape index (κ3) is 6.95. The van der Waals surface area contributed by atoms with Crippen LogP contribution < -0.4 is 5.32 Å². The first-order valence-corrected chi connectivity index (χ1v) is 13.9. The number of hydrogen-bond donors (Lipinski definition) is 2. The minimum atomic E-state index is -0.968. The largest absolute Gasteiger partial charge is 0.465 e. The maximum Gasteiger partial charge on any atom is 0.407 e. The van der Waals surface area contributed by atoms with Crippen LogP contribution in [0, 0.1) is 5.41 Å². The summed E-state index contributed by atoms with van der Waals surface area (Å²) >= 11 is 1.35. The summed E-state index contributed by atoms with van der Waals surface area (Å²) in [4.78, 5) is 44.5. The number of nitrogens with one attached hydrogen (secondary N) is 1. The highest BCUT2D eigenvalue weighted by atomic mass is 32.1. The molecule has 7 nitrogen and oxygen atoms in total. The van der Waals surface area contributed by atoms with Crippen LogP contribution in [0.3, 0.4) is 0 Å². The van der Waals surface area contributed by atoms with Crippen LogP contribution in [0.25, 0.3) is 10.2 Å². The highest BCUT2D eigenvalue weighted by Gasteiger charge is 2.37. The number of ketones is 1. The summed E-state index contributed by atoms with van der Waals surface area (Å²) in [6.45, 7) is 2.67. The monoisotopic (exact) mass is 521 g/mol. The summed E-state index contributed by atoms with van der Waals surface area (Å²) < 4.78 is 0.938. The zero-order chi connectivity index (χ0) is 26.3. The van der Waals surface area contributed by atoms with Crippen LogP contribution in [0.15, 0.2) is 54.6 Å². The number of Topliss-reactive ketones (excluding diaryl/α,β-unsaturated/α-hetero) is 1. The lowest BCUT2D eigenvalue weighted by atomic mass is 9.75. The molecule has 0 aliphatic heterocycles. The van der Waals surface area contributed by atoms with E-state index in [0.717, 1.165) is 47.9 Å². The van der Waals surface area contributed by atoms with Gasteiger partial charge in [-0.25, -0.2) is 9.78 Å². The number of rotatable bonds is 11. The molecule has 4 rings (SSSR count). The van der Waals surface area contributed by atoms with Gasteiger partial charge in [0.15, 0.2) is 5.01 Å². The van der Waals surface area contributed by atoms with Crippen molar-refractivity contribution >= 4 is 39.3 Å². The number of hydrogen-bond acceptors (Lipinski definition) is 5. The second kappa shape index (κ2) is 12.3. The Labute approximate surface area is 221 Å². The molecule has 2 amide bonds. The van der Waals surface area contributed by atoms with Gasteiger partial charge >= 0.3 is 6.09 Å². The number of fused-ring (bicyclic) bond motifs is 1. The Morgan fingerprint density at radius 1 is 1.03 bits per heavy atom. The maximum absolute atomic E-state index is 13.5. The number of benzene rings is 2. The summed E-state index contributed by atoms with van der Waals surface area (Å²) in [5, 5.41) is 13.1. The number of aromatic nitrogens is 1. The van der Waals surface area contributed by atoms with Gasteiger partial charge in [0.2, 0.25) is 11.7 Å². The maximum atomic E-state index is 13.5. The fraction of sp³-hybridized carbons (Fsp3) is 0.448. The molecule has 2 aromatic carbocycles. The lowest BCUT2D eigenvalue weighted by molar-refractivity contribution is -0.132. The molecule has 1 heterocycles. The van der Waals surface area contributed by atoms with Crippen LogP contribution in [0.1, 0.15) is 73.7 Å². The highest BCUT2D eigenvalue weighted by Crippen LogP contribution is 2.36. The SMILES string of the molecule is CC1(C(=O)N[C@@H](CCCCN(Cc2ccccc2)C(=O)O)C(=O)c2nc3ccccc3s2)CCCCC1. The highest BCUT2D eigenvalue weighted by molar-refractivity contribution is 7.20. The number of nitrogens with zero attached hydrogens (tertiary/aromatic N) is 2. The van der Waals surface area contributed by atoms with Gasteiger partial charge in [-0.1, -0.05) is 68.7 Å². The number of carbonyl (C=O) groups is 3. The molecule has 0 spiro atoms. The van der Waals surface area contributed by atoms with Gasteiger partial charge in [-0.3, -0.25) is 9.59 Å². The lowest BCUT2D eigenvalue weighted by Gasteiger charge is -2.33. The fourth-order valence-electron chi connectivity index (χ4n) is 4.98. The lowest BCUT2D eigenvalue weighted by Crippen LogP contribution is -2.48. The number of carboxylic acid groups (broad SMARTS) is 1. The summed E-state index contributed by atoms with van der Waals surface area (Å²) in [5.74, 6) is -0.240. The van der Waals surface area contributed by atoms with Gasteiger partial charge in [0.25, 0.3) is 0 Å². The fourth-order valence-corrected chi connectivity index (χ4v) is 5.94. The Balaban J connectivity index is 1.42. The zero-order valence-electron chi connectivity index (χ0n) is 21.3. The van der Waals surface area contributed by atoms with Gasteiger partial charge in [-0.2, -0.15) is 0 Å². The van der Waals surface area contributed by atoms with Crippen molar-refractivity contribution in [3.8, 4) is 0 Å².